The van der Waals surface area contributed by atoms with Crippen molar-refractivity contribution >= 4 is 44.7 Å². The van der Waals surface area contributed by atoms with Gasteiger partial charge in [-0.05, 0) is 31.5 Å². The van der Waals surface area contributed by atoms with Crippen LogP contribution in [0.25, 0.3) is 0 Å². The lowest BCUT2D eigenvalue weighted by molar-refractivity contribution is -0.139. The van der Waals surface area contributed by atoms with E-state index in [0.29, 0.717) is 16.4 Å². The van der Waals surface area contributed by atoms with Crippen LogP contribution in [0.5, 0.6) is 0 Å². The van der Waals surface area contributed by atoms with Gasteiger partial charge in [-0.1, -0.05) is 52.5 Å². The smallest absolute Gasteiger partial charge is 0.338 e. The maximum atomic E-state index is 12.7. The van der Waals surface area contributed by atoms with Crippen molar-refractivity contribution in [2.24, 2.45) is 4.99 Å². The summed E-state index contributed by atoms with van der Waals surface area (Å²) in [5.41, 5.74) is 1.78. The fourth-order valence-electron chi connectivity index (χ4n) is 2.87. The fraction of sp³-hybridized carbons (Fsp3) is 0.278. The van der Waals surface area contributed by atoms with Gasteiger partial charge in [0, 0.05) is 4.47 Å². The Morgan fingerprint density at radius 2 is 2.28 bits per heavy atom. The highest BCUT2D eigenvalue weighted by Crippen LogP contribution is 2.43. The van der Waals surface area contributed by atoms with Crippen LogP contribution in [0.2, 0.25) is 0 Å². The number of hydrogen-bond acceptors (Lipinski definition) is 5. The van der Waals surface area contributed by atoms with Crippen molar-refractivity contribution in [3.8, 4) is 0 Å². The summed E-state index contributed by atoms with van der Waals surface area (Å²) < 4.78 is 6.13. The van der Waals surface area contributed by atoms with E-state index in [0.717, 1.165) is 10.0 Å². The number of carbonyl (C=O) groups is 2. The number of nitrogens with zero attached hydrogens (tertiary/aromatic N) is 2. The first kappa shape index (κ1) is 17.9. The van der Waals surface area contributed by atoms with E-state index in [1.807, 2.05) is 31.2 Å². The molecule has 0 radical (unpaired) electrons. The normalized spacial score (nSPS) is 22.6. The monoisotopic (exact) mass is 420 g/mol. The molecule has 0 saturated carbocycles. The molecule has 2 aliphatic rings. The molecule has 2 atom stereocenters. The average molecular weight is 421 g/mol. The largest absolute Gasteiger partial charge is 0.458 e. The Bertz CT molecular complexity index is 818. The van der Waals surface area contributed by atoms with E-state index < -0.39 is 12.0 Å². The van der Waals surface area contributed by atoms with Crippen molar-refractivity contribution in [3.05, 3.63) is 58.2 Å². The predicted molar refractivity (Wildman–Crippen MR) is 102 cm³/mol. The van der Waals surface area contributed by atoms with Gasteiger partial charge >= 0.3 is 5.97 Å². The van der Waals surface area contributed by atoms with E-state index in [1.165, 1.54) is 17.8 Å². The lowest BCUT2D eigenvalue weighted by Gasteiger charge is -2.33. The van der Waals surface area contributed by atoms with Crippen LogP contribution in [0.3, 0.4) is 0 Å². The maximum absolute atomic E-state index is 12.7. The molecule has 1 aromatic rings. The standard InChI is InChI=1S/C18H17BrN2O3S/c1-4-8-24-17(23)14-10(2)20-18-21(16(22)11(3)25-18)15(14)12-6-5-7-13(19)9-12/h4-7,9,11,15H,1,8H2,2-3H3/t11-,15-/m0/s1. The number of esters is 1. The molecule has 2 aliphatic heterocycles. The molecule has 0 bridgehead atoms. The van der Waals surface area contributed by atoms with Crippen LogP contribution in [0.4, 0.5) is 0 Å². The molecule has 0 N–H and O–H groups in total. The molecule has 7 heteroatoms. The number of halogens is 1. The Morgan fingerprint density at radius 1 is 1.52 bits per heavy atom. The number of ether oxygens (including phenoxy) is 1. The van der Waals surface area contributed by atoms with Crippen molar-refractivity contribution < 1.29 is 14.3 Å². The highest BCUT2D eigenvalue weighted by atomic mass is 79.9. The molecule has 0 unspecified atom stereocenters. The van der Waals surface area contributed by atoms with Crippen LogP contribution < -0.4 is 0 Å². The molecule has 0 aliphatic carbocycles. The summed E-state index contributed by atoms with van der Waals surface area (Å²) in [7, 11) is 0. The highest BCUT2D eigenvalue weighted by Gasteiger charge is 2.46. The Kier molecular flexibility index (Phi) is 5.15. The summed E-state index contributed by atoms with van der Waals surface area (Å²) in [6.07, 6.45) is 1.51. The summed E-state index contributed by atoms with van der Waals surface area (Å²) >= 11 is 4.87. The minimum atomic E-state index is -0.549. The first-order valence-electron chi connectivity index (χ1n) is 7.76. The van der Waals surface area contributed by atoms with Gasteiger partial charge in [-0.3, -0.25) is 9.69 Å². The number of thioether (sulfide) groups is 1. The molecule has 0 spiro atoms. The number of aliphatic imine (C=N–C) groups is 1. The first-order chi connectivity index (χ1) is 11.9. The van der Waals surface area contributed by atoms with Crippen LogP contribution in [-0.4, -0.2) is 33.8 Å². The number of rotatable bonds is 4. The zero-order chi connectivity index (χ0) is 18.1. The van der Waals surface area contributed by atoms with E-state index in [4.69, 9.17) is 4.74 Å². The van der Waals surface area contributed by atoms with Crippen LogP contribution in [-0.2, 0) is 14.3 Å². The molecular weight excluding hydrogens is 404 g/mol. The third kappa shape index (κ3) is 3.30. The molecular formula is C18H17BrN2O3S. The van der Waals surface area contributed by atoms with Gasteiger partial charge < -0.3 is 4.74 Å². The lowest BCUT2D eigenvalue weighted by atomic mass is 9.94. The fourth-order valence-corrected chi connectivity index (χ4v) is 4.31. The lowest BCUT2D eigenvalue weighted by Crippen LogP contribution is -2.40. The Labute approximate surface area is 159 Å². The van der Waals surface area contributed by atoms with Crippen LogP contribution in [0.1, 0.15) is 25.5 Å². The van der Waals surface area contributed by atoms with E-state index in [-0.39, 0.29) is 17.8 Å². The highest BCUT2D eigenvalue weighted by molar-refractivity contribution is 9.10. The number of amidine groups is 1. The minimum Gasteiger partial charge on any atom is -0.458 e. The molecule has 2 heterocycles. The summed E-state index contributed by atoms with van der Waals surface area (Å²) in [5.74, 6) is -0.544. The number of hydrogen-bond donors (Lipinski definition) is 0. The van der Waals surface area contributed by atoms with Gasteiger partial charge in [-0.15, -0.1) is 0 Å². The van der Waals surface area contributed by atoms with E-state index in [1.54, 1.807) is 11.8 Å². The van der Waals surface area contributed by atoms with Crippen LogP contribution in [0.15, 0.2) is 57.7 Å². The van der Waals surface area contributed by atoms with Gasteiger partial charge in [0.25, 0.3) is 0 Å². The van der Waals surface area contributed by atoms with Gasteiger partial charge in [0.2, 0.25) is 5.91 Å². The van der Waals surface area contributed by atoms with E-state index in [2.05, 4.69) is 27.5 Å². The number of carbonyl (C=O) groups excluding carboxylic acids is 2. The van der Waals surface area contributed by atoms with Crippen LogP contribution >= 0.6 is 27.7 Å². The summed E-state index contributed by atoms with van der Waals surface area (Å²) in [4.78, 5) is 31.5. The molecule has 0 aromatic heterocycles. The zero-order valence-corrected chi connectivity index (χ0v) is 16.3. The Morgan fingerprint density at radius 3 is 2.96 bits per heavy atom. The second-order valence-corrected chi connectivity index (χ2v) is 7.93. The Hall–Kier alpha value is -1.86. The topological polar surface area (TPSA) is 59.0 Å². The van der Waals surface area contributed by atoms with E-state index >= 15 is 0 Å². The van der Waals surface area contributed by atoms with Gasteiger partial charge in [-0.25, -0.2) is 9.79 Å². The average Bonchev–Trinajstić information content (AvgIpc) is 2.85. The zero-order valence-electron chi connectivity index (χ0n) is 13.9. The molecule has 25 heavy (non-hydrogen) atoms. The second-order valence-electron chi connectivity index (χ2n) is 5.71. The van der Waals surface area contributed by atoms with Gasteiger partial charge in [0.05, 0.1) is 22.6 Å². The third-order valence-electron chi connectivity index (χ3n) is 3.97. The maximum Gasteiger partial charge on any atom is 0.338 e. The number of fused-ring (bicyclic) bond motifs is 1. The van der Waals surface area contributed by atoms with Crippen molar-refractivity contribution in [1.29, 1.82) is 0 Å². The van der Waals surface area contributed by atoms with Crippen molar-refractivity contribution in [1.82, 2.24) is 4.90 Å². The van der Waals surface area contributed by atoms with Gasteiger partial charge in [-0.2, -0.15) is 0 Å². The SMILES string of the molecule is C=CCOC(=O)C1=C(C)N=C2S[C@@H](C)C(=O)N2[C@H]1c1cccc(Br)c1. The van der Waals surface area contributed by atoms with Crippen molar-refractivity contribution in [2.75, 3.05) is 6.61 Å². The van der Waals surface area contributed by atoms with Crippen molar-refractivity contribution in [3.63, 3.8) is 0 Å². The minimum absolute atomic E-state index is 0.0600. The second kappa shape index (κ2) is 7.17. The molecule has 1 aromatic carbocycles. The number of benzene rings is 1. The first-order valence-corrected chi connectivity index (χ1v) is 9.44. The molecule has 5 nitrogen and oxygen atoms in total. The van der Waals surface area contributed by atoms with Crippen LogP contribution in [0, 0.1) is 0 Å². The summed E-state index contributed by atoms with van der Waals surface area (Å²) in [5, 5.41) is 0.394. The molecule has 130 valence electrons. The summed E-state index contributed by atoms with van der Waals surface area (Å²) in [6.45, 7) is 7.29. The molecule has 1 saturated heterocycles. The van der Waals surface area contributed by atoms with E-state index in [9.17, 15) is 9.59 Å². The molecule has 1 amide bonds. The van der Waals surface area contributed by atoms with Gasteiger partial charge in [0.15, 0.2) is 5.17 Å². The Balaban J connectivity index is 2.13. The predicted octanol–water partition coefficient (Wildman–Crippen LogP) is 3.83. The molecule has 1 fully saturated rings. The van der Waals surface area contributed by atoms with Crippen molar-refractivity contribution in [2.45, 2.75) is 25.1 Å². The summed E-state index contributed by atoms with van der Waals surface area (Å²) in [6, 6.07) is 7.03. The third-order valence-corrected chi connectivity index (χ3v) is 5.52. The molecule has 3 rings (SSSR count). The quantitative estimate of drug-likeness (QED) is 0.548. The van der Waals surface area contributed by atoms with Gasteiger partial charge in [0.1, 0.15) is 6.61 Å². The number of allylic oxidation sites excluding steroid dienone is 1. The number of amides is 1.